The quantitative estimate of drug-likeness (QED) is 0.377. The second kappa shape index (κ2) is 9.09. The number of ether oxygens (including phenoxy) is 2. The lowest BCUT2D eigenvalue weighted by atomic mass is 10.2. The van der Waals surface area contributed by atoms with E-state index in [1.807, 2.05) is 66.0 Å². The number of hydrogen-bond donors (Lipinski definition) is 0. The molecule has 1 aliphatic heterocycles. The van der Waals surface area contributed by atoms with E-state index in [4.69, 9.17) is 19.4 Å². The summed E-state index contributed by atoms with van der Waals surface area (Å²) in [5.41, 5.74) is 3.01. The summed E-state index contributed by atoms with van der Waals surface area (Å²) in [6.07, 6.45) is 0. The number of rotatable bonds is 6. The zero-order valence-electron chi connectivity index (χ0n) is 19.6. The molecule has 3 aromatic heterocycles. The molecule has 0 saturated carbocycles. The van der Waals surface area contributed by atoms with Gasteiger partial charge in [0, 0.05) is 25.7 Å². The topological polar surface area (TPSA) is 86.8 Å². The molecule has 6 rings (SSSR count). The first-order valence-corrected chi connectivity index (χ1v) is 11.8. The van der Waals surface area contributed by atoms with Crippen LogP contribution in [0.15, 0.2) is 59.4 Å². The van der Waals surface area contributed by atoms with Gasteiger partial charge in [0.1, 0.15) is 12.3 Å². The molecule has 35 heavy (non-hydrogen) atoms. The van der Waals surface area contributed by atoms with Gasteiger partial charge in [-0.05, 0) is 31.2 Å². The molecule has 1 fully saturated rings. The first-order valence-electron chi connectivity index (χ1n) is 11.8. The molecule has 9 nitrogen and oxygen atoms in total. The molecule has 0 amide bonds. The van der Waals surface area contributed by atoms with Crippen molar-refractivity contribution in [3.63, 3.8) is 0 Å². The van der Waals surface area contributed by atoms with Gasteiger partial charge in [-0.3, -0.25) is 14.3 Å². The van der Waals surface area contributed by atoms with Gasteiger partial charge >= 0.3 is 0 Å². The normalized spacial score (nSPS) is 14.8. The molecule has 0 unspecified atom stereocenters. The van der Waals surface area contributed by atoms with Crippen molar-refractivity contribution < 1.29 is 9.47 Å². The highest BCUT2D eigenvalue weighted by Crippen LogP contribution is 2.23. The van der Waals surface area contributed by atoms with Gasteiger partial charge in [0.05, 0.1) is 47.3 Å². The Bertz CT molecular complexity index is 1590. The van der Waals surface area contributed by atoms with Gasteiger partial charge in [0.2, 0.25) is 5.88 Å². The zero-order valence-corrected chi connectivity index (χ0v) is 19.6. The van der Waals surface area contributed by atoms with Crippen LogP contribution in [0.3, 0.4) is 0 Å². The van der Waals surface area contributed by atoms with E-state index in [1.54, 1.807) is 4.57 Å². The van der Waals surface area contributed by atoms with E-state index in [0.717, 1.165) is 55.0 Å². The summed E-state index contributed by atoms with van der Waals surface area (Å²) in [6.45, 7) is 6.77. The molecule has 0 spiro atoms. The van der Waals surface area contributed by atoms with Crippen LogP contribution in [0.25, 0.3) is 27.5 Å². The van der Waals surface area contributed by atoms with Crippen LogP contribution in [0.1, 0.15) is 11.5 Å². The summed E-state index contributed by atoms with van der Waals surface area (Å²) in [4.78, 5) is 25.3. The van der Waals surface area contributed by atoms with E-state index in [2.05, 4.69) is 10.00 Å². The van der Waals surface area contributed by atoms with Crippen LogP contribution in [-0.2, 0) is 11.3 Å². The Balaban J connectivity index is 1.38. The minimum atomic E-state index is -0.0976. The van der Waals surface area contributed by atoms with Crippen molar-refractivity contribution in [2.45, 2.75) is 13.5 Å². The lowest BCUT2D eigenvalue weighted by Crippen LogP contribution is -2.38. The Morgan fingerprint density at radius 2 is 1.77 bits per heavy atom. The third kappa shape index (κ3) is 4.13. The van der Waals surface area contributed by atoms with Crippen LogP contribution in [0.4, 0.5) is 0 Å². The molecule has 5 aromatic rings. The highest BCUT2D eigenvalue weighted by Gasteiger charge is 2.16. The molecule has 0 N–H and O–H groups in total. The van der Waals surface area contributed by atoms with Crippen molar-refractivity contribution in [2.75, 3.05) is 39.5 Å². The number of hydrogen-bond acceptors (Lipinski definition) is 7. The van der Waals surface area contributed by atoms with Crippen molar-refractivity contribution >= 4 is 27.5 Å². The maximum Gasteiger partial charge on any atom is 0.262 e. The van der Waals surface area contributed by atoms with E-state index in [9.17, 15) is 4.79 Å². The summed E-state index contributed by atoms with van der Waals surface area (Å²) in [5, 5.41) is 6.07. The molecule has 178 valence electrons. The summed E-state index contributed by atoms with van der Waals surface area (Å²) in [7, 11) is 0. The van der Waals surface area contributed by atoms with Crippen molar-refractivity contribution in [1.29, 1.82) is 0 Å². The third-order valence-corrected chi connectivity index (χ3v) is 6.36. The van der Waals surface area contributed by atoms with Crippen molar-refractivity contribution in [1.82, 2.24) is 29.0 Å². The largest absolute Gasteiger partial charge is 0.476 e. The van der Waals surface area contributed by atoms with Gasteiger partial charge in [-0.2, -0.15) is 10.1 Å². The minimum absolute atomic E-state index is 0.0976. The SMILES string of the molecule is Cc1cc2n(Cc3nc(OCCN4CCOCC4)c4ccccc4n3)c(=O)c3ccccc3n2n1. The van der Waals surface area contributed by atoms with Crippen molar-refractivity contribution in [2.24, 2.45) is 0 Å². The van der Waals surface area contributed by atoms with Crippen LogP contribution in [-0.4, -0.2) is 68.5 Å². The number of fused-ring (bicyclic) bond motifs is 4. The van der Waals surface area contributed by atoms with E-state index in [1.165, 1.54) is 0 Å². The number of aryl methyl sites for hydroxylation is 1. The summed E-state index contributed by atoms with van der Waals surface area (Å²) in [6, 6.07) is 17.2. The lowest BCUT2D eigenvalue weighted by Gasteiger charge is -2.26. The number of aromatic nitrogens is 5. The molecular formula is C26H26N6O3. The van der Waals surface area contributed by atoms with Crippen LogP contribution in [0.5, 0.6) is 5.88 Å². The molecule has 0 radical (unpaired) electrons. The fourth-order valence-electron chi connectivity index (χ4n) is 4.61. The second-order valence-corrected chi connectivity index (χ2v) is 8.73. The Kier molecular flexibility index (Phi) is 5.63. The standard InChI is InChI=1S/C26H26N6O3/c1-18-16-24-31(26(33)20-7-3-5-9-22(20)32(24)29-18)17-23-27-21-8-4-2-6-19(21)25(28-23)35-15-12-30-10-13-34-14-11-30/h2-9,16H,10-15,17H2,1H3. The van der Waals surface area contributed by atoms with E-state index >= 15 is 0 Å². The summed E-state index contributed by atoms with van der Waals surface area (Å²) < 4.78 is 15.1. The highest BCUT2D eigenvalue weighted by atomic mass is 16.5. The Morgan fingerprint density at radius 1 is 1.00 bits per heavy atom. The molecular weight excluding hydrogens is 444 g/mol. The van der Waals surface area contributed by atoms with Crippen LogP contribution >= 0.6 is 0 Å². The molecule has 1 saturated heterocycles. The Labute approximate surface area is 201 Å². The zero-order chi connectivity index (χ0) is 23.8. The summed E-state index contributed by atoms with van der Waals surface area (Å²) >= 11 is 0. The third-order valence-electron chi connectivity index (χ3n) is 6.36. The van der Waals surface area contributed by atoms with E-state index < -0.39 is 0 Å². The summed E-state index contributed by atoms with van der Waals surface area (Å²) in [5.74, 6) is 1.05. The average Bonchev–Trinajstić information content (AvgIpc) is 3.29. The Hall–Kier alpha value is -3.82. The Morgan fingerprint density at radius 3 is 2.63 bits per heavy atom. The second-order valence-electron chi connectivity index (χ2n) is 8.73. The molecule has 2 aromatic carbocycles. The van der Waals surface area contributed by atoms with Gasteiger partial charge < -0.3 is 9.47 Å². The molecule has 0 aliphatic carbocycles. The number of morpholine rings is 1. The van der Waals surface area contributed by atoms with Crippen LogP contribution in [0, 0.1) is 6.92 Å². The smallest absolute Gasteiger partial charge is 0.262 e. The van der Waals surface area contributed by atoms with Crippen molar-refractivity contribution in [3.05, 3.63) is 76.5 Å². The van der Waals surface area contributed by atoms with E-state index in [-0.39, 0.29) is 12.1 Å². The number of benzene rings is 2. The highest BCUT2D eigenvalue weighted by molar-refractivity contribution is 5.83. The number of para-hydroxylation sites is 2. The minimum Gasteiger partial charge on any atom is -0.476 e. The first-order chi connectivity index (χ1) is 17.2. The molecule has 0 bridgehead atoms. The van der Waals surface area contributed by atoms with Gasteiger partial charge in [0.15, 0.2) is 5.82 Å². The predicted molar refractivity (Wildman–Crippen MR) is 133 cm³/mol. The van der Waals surface area contributed by atoms with Gasteiger partial charge in [0.25, 0.3) is 5.56 Å². The fourth-order valence-corrected chi connectivity index (χ4v) is 4.61. The molecule has 0 atom stereocenters. The molecule has 9 heteroatoms. The maximum absolute atomic E-state index is 13.5. The van der Waals surface area contributed by atoms with Crippen LogP contribution < -0.4 is 10.3 Å². The van der Waals surface area contributed by atoms with Crippen molar-refractivity contribution in [3.8, 4) is 5.88 Å². The maximum atomic E-state index is 13.5. The molecule has 4 heterocycles. The average molecular weight is 471 g/mol. The van der Waals surface area contributed by atoms with Gasteiger partial charge in [-0.1, -0.05) is 24.3 Å². The number of nitrogens with zero attached hydrogens (tertiary/aromatic N) is 6. The van der Waals surface area contributed by atoms with E-state index in [0.29, 0.717) is 29.3 Å². The monoisotopic (exact) mass is 470 g/mol. The molecule has 1 aliphatic rings. The first kappa shape index (κ1) is 21.7. The van der Waals surface area contributed by atoms with Gasteiger partial charge in [-0.25, -0.2) is 9.50 Å². The van der Waals surface area contributed by atoms with Gasteiger partial charge in [-0.15, -0.1) is 0 Å². The fraction of sp³-hybridized carbons (Fsp3) is 0.308. The predicted octanol–water partition coefficient (Wildman–Crippen LogP) is 2.66. The lowest BCUT2D eigenvalue weighted by molar-refractivity contribution is 0.0321. The van der Waals surface area contributed by atoms with Crippen LogP contribution in [0.2, 0.25) is 0 Å².